The third-order valence-electron chi connectivity index (χ3n) is 4.64. The highest BCUT2D eigenvalue weighted by molar-refractivity contribution is 7.89. The molecule has 1 aromatic carbocycles. The number of rotatable bonds is 5. The van der Waals surface area contributed by atoms with Crippen molar-refractivity contribution in [3.05, 3.63) is 41.1 Å². The SMILES string of the molecule is CCOC(=O)c1cn[nH]c1S(=O)(=O)N1CCN(c2cc(C)ccc2C)CC1. The highest BCUT2D eigenvalue weighted by Crippen LogP contribution is 2.25. The third kappa shape index (κ3) is 3.84. The van der Waals surface area contributed by atoms with Crippen molar-refractivity contribution >= 4 is 21.7 Å². The number of sulfonamides is 1. The molecule has 1 aliphatic heterocycles. The van der Waals surface area contributed by atoms with Gasteiger partial charge in [-0.15, -0.1) is 0 Å². The second-order valence-corrected chi connectivity index (χ2v) is 8.39. The zero-order valence-corrected chi connectivity index (χ0v) is 16.5. The third-order valence-corrected chi connectivity index (χ3v) is 6.51. The largest absolute Gasteiger partial charge is 0.462 e. The molecule has 8 nitrogen and oxygen atoms in total. The molecule has 2 aromatic rings. The number of anilines is 1. The Kier molecular flexibility index (Phi) is 5.52. The standard InChI is InChI=1S/C18H24N4O4S/c1-4-26-18(23)15-12-19-20-17(15)27(24,25)22-9-7-21(8-10-22)16-11-13(2)5-6-14(16)3/h5-6,11-12H,4,7-10H2,1-3H3,(H,19,20). The Morgan fingerprint density at radius 3 is 2.59 bits per heavy atom. The molecule has 0 aliphatic carbocycles. The molecule has 0 radical (unpaired) electrons. The van der Waals surface area contributed by atoms with Gasteiger partial charge in [-0.05, 0) is 38.0 Å². The summed E-state index contributed by atoms with van der Waals surface area (Å²) in [5.41, 5.74) is 3.40. The Labute approximate surface area is 159 Å². The van der Waals surface area contributed by atoms with Crippen molar-refractivity contribution in [2.45, 2.75) is 25.8 Å². The fourth-order valence-electron chi connectivity index (χ4n) is 3.18. The van der Waals surface area contributed by atoms with E-state index in [1.165, 1.54) is 16.1 Å². The number of carbonyl (C=O) groups excluding carboxylic acids is 1. The van der Waals surface area contributed by atoms with Crippen LogP contribution in [0.3, 0.4) is 0 Å². The zero-order chi connectivity index (χ0) is 19.6. The first kappa shape index (κ1) is 19.4. The highest BCUT2D eigenvalue weighted by atomic mass is 32.2. The summed E-state index contributed by atoms with van der Waals surface area (Å²) >= 11 is 0. The maximum atomic E-state index is 13.0. The molecule has 9 heteroatoms. The van der Waals surface area contributed by atoms with Crippen LogP contribution in [0.15, 0.2) is 29.4 Å². The first-order chi connectivity index (χ1) is 12.8. The maximum absolute atomic E-state index is 13.0. The molecule has 3 rings (SSSR count). The predicted octanol–water partition coefficient (Wildman–Crippen LogP) is 1.71. The fraction of sp³-hybridized carbons (Fsp3) is 0.444. The normalized spacial score (nSPS) is 15.7. The van der Waals surface area contributed by atoms with Gasteiger partial charge >= 0.3 is 5.97 Å². The van der Waals surface area contributed by atoms with Crippen molar-refractivity contribution in [3.8, 4) is 0 Å². The topological polar surface area (TPSA) is 95.6 Å². The van der Waals surface area contributed by atoms with Crippen LogP contribution in [-0.4, -0.2) is 61.7 Å². The smallest absolute Gasteiger partial charge is 0.342 e. The van der Waals surface area contributed by atoms with Crippen molar-refractivity contribution < 1.29 is 17.9 Å². The van der Waals surface area contributed by atoms with Gasteiger partial charge in [0.2, 0.25) is 0 Å². The van der Waals surface area contributed by atoms with E-state index in [1.54, 1.807) is 6.92 Å². The van der Waals surface area contributed by atoms with Crippen molar-refractivity contribution in [2.75, 3.05) is 37.7 Å². The van der Waals surface area contributed by atoms with Crippen molar-refractivity contribution in [1.29, 1.82) is 0 Å². The van der Waals surface area contributed by atoms with Crippen LogP contribution in [0.4, 0.5) is 5.69 Å². The van der Waals surface area contributed by atoms with Crippen LogP contribution in [0.2, 0.25) is 0 Å². The van der Waals surface area contributed by atoms with Crippen LogP contribution in [0.1, 0.15) is 28.4 Å². The summed E-state index contributed by atoms with van der Waals surface area (Å²) in [6, 6.07) is 6.26. The molecule has 1 N–H and O–H groups in total. The van der Waals surface area contributed by atoms with Crippen LogP contribution < -0.4 is 4.90 Å². The second kappa shape index (κ2) is 7.69. The number of hydrogen-bond donors (Lipinski definition) is 1. The second-order valence-electron chi connectivity index (χ2n) is 6.51. The molecule has 0 spiro atoms. The molecule has 1 fully saturated rings. The van der Waals surface area contributed by atoms with E-state index >= 15 is 0 Å². The van der Waals surface area contributed by atoms with Gasteiger partial charge in [0.15, 0.2) is 5.03 Å². The molecule has 27 heavy (non-hydrogen) atoms. The minimum absolute atomic E-state index is 0.0613. The summed E-state index contributed by atoms with van der Waals surface area (Å²) in [5, 5.41) is 5.97. The molecular weight excluding hydrogens is 368 g/mol. The maximum Gasteiger partial charge on any atom is 0.342 e. The number of benzene rings is 1. The number of carbonyl (C=O) groups is 1. The van der Waals surface area contributed by atoms with E-state index in [2.05, 4.69) is 33.3 Å². The summed E-state index contributed by atoms with van der Waals surface area (Å²) in [7, 11) is -3.85. The van der Waals surface area contributed by atoms with E-state index in [0.29, 0.717) is 26.2 Å². The quantitative estimate of drug-likeness (QED) is 0.779. The van der Waals surface area contributed by atoms with E-state index in [-0.39, 0.29) is 17.2 Å². The molecule has 0 atom stereocenters. The van der Waals surface area contributed by atoms with Crippen molar-refractivity contribution in [2.24, 2.45) is 0 Å². The van der Waals surface area contributed by atoms with E-state index in [9.17, 15) is 13.2 Å². The average molecular weight is 392 g/mol. The summed E-state index contributed by atoms with van der Waals surface area (Å²) in [6.45, 7) is 7.73. The van der Waals surface area contributed by atoms with E-state index in [0.717, 1.165) is 11.3 Å². The van der Waals surface area contributed by atoms with E-state index in [4.69, 9.17) is 4.74 Å². The number of nitrogens with one attached hydrogen (secondary N) is 1. The Hall–Kier alpha value is -2.39. The fourth-order valence-corrected chi connectivity index (χ4v) is 4.67. The van der Waals surface area contributed by atoms with Crippen molar-refractivity contribution in [1.82, 2.24) is 14.5 Å². The first-order valence-electron chi connectivity index (χ1n) is 8.87. The number of ether oxygens (including phenoxy) is 1. The molecule has 146 valence electrons. The van der Waals surface area contributed by atoms with E-state index in [1.807, 2.05) is 13.8 Å². The average Bonchev–Trinajstić information content (AvgIpc) is 3.15. The van der Waals surface area contributed by atoms with Gasteiger partial charge in [-0.25, -0.2) is 13.2 Å². The van der Waals surface area contributed by atoms with Gasteiger partial charge in [-0.2, -0.15) is 9.40 Å². The minimum atomic E-state index is -3.85. The summed E-state index contributed by atoms with van der Waals surface area (Å²) < 4.78 is 32.2. The van der Waals surface area contributed by atoms with Gasteiger partial charge in [0.25, 0.3) is 10.0 Å². The Morgan fingerprint density at radius 2 is 1.93 bits per heavy atom. The molecule has 2 heterocycles. The van der Waals surface area contributed by atoms with Gasteiger partial charge in [0.1, 0.15) is 5.56 Å². The number of H-pyrrole nitrogens is 1. The molecule has 1 aromatic heterocycles. The number of hydrogen-bond acceptors (Lipinski definition) is 6. The Bertz CT molecular complexity index is 931. The molecule has 0 amide bonds. The first-order valence-corrected chi connectivity index (χ1v) is 10.3. The molecule has 0 bridgehead atoms. The Balaban J connectivity index is 1.77. The van der Waals surface area contributed by atoms with Crippen LogP contribution in [0.25, 0.3) is 0 Å². The molecule has 1 aliphatic rings. The number of esters is 1. The van der Waals surface area contributed by atoms with Crippen LogP contribution in [-0.2, 0) is 14.8 Å². The number of nitrogens with zero attached hydrogens (tertiary/aromatic N) is 3. The molecular formula is C18H24N4O4S. The lowest BCUT2D eigenvalue weighted by Gasteiger charge is -2.36. The van der Waals surface area contributed by atoms with Crippen LogP contribution >= 0.6 is 0 Å². The summed E-state index contributed by atoms with van der Waals surface area (Å²) in [6.07, 6.45) is 1.19. The highest BCUT2D eigenvalue weighted by Gasteiger charge is 2.34. The zero-order valence-electron chi connectivity index (χ0n) is 15.7. The Morgan fingerprint density at radius 1 is 1.22 bits per heavy atom. The van der Waals surface area contributed by atoms with Gasteiger partial charge in [-0.3, -0.25) is 5.10 Å². The van der Waals surface area contributed by atoms with Crippen LogP contribution in [0.5, 0.6) is 0 Å². The van der Waals surface area contributed by atoms with Crippen LogP contribution in [0, 0.1) is 13.8 Å². The number of aromatic nitrogens is 2. The summed E-state index contributed by atoms with van der Waals surface area (Å²) in [4.78, 5) is 14.2. The molecule has 1 saturated heterocycles. The van der Waals surface area contributed by atoms with Gasteiger partial charge < -0.3 is 9.64 Å². The van der Waals surface area contributed by atoms with Gasteiger partial charge in [0, 0.05) is 31.9 Å². The number of aromatic amines is 1. The lowest BCUT2D eigenvalue weighted by molar-refractivity contribution is 0.0521. The number of piperazine rings is 1. The lowest BCUT2D eigenvalue weighted by Crippen LogP contribution is -2.49. The molecule has 0 unspecified atom stereocenters. The minimum Gasteiger partial charge on any atom is -0.462 e. The monoisotopic (exact) mass is 392 g/mol. The lowest BCUT2D eigenvalue weighted by atomic mass is 10.1. The predicted molar refractivity (Wildman–Crippen MR) is 101 cm³/mol. The van der Waals surface area contributed by atoms with Gasteiger partial charge in [0.05, 0.1) is 12.8 Å². The number of aryl methyl sites for hydroxylation is 2. The molecule has 0 saturated carbocycles. The van der Waals surface area contributed by atoms with Gasteiger partial charge in [-0.1, -0.05) is 12.1 Å². The van der Waals surface area contributed by atoms with E-state index < -0.39 is 16.0 Å². The summed E-state index contributed by atoms with van der Waals surface area (Å²) in [5.74, 6) is -0.696. The van der Waals surface area contributed by atoms with Crippen molar-refractivity contribution in [3.63, 3.8) is 0 Å².